The monoisotopic (exact) mass is 362 g/mol. The van der Waals surface area contributed by atoms with Gasteiger partial charge in [-0.05, 0) is 23.8 Å². The lowest BCUT2D eigenvalue weighted by atomic mass is 10.1. The van der Waals surface area contributed by atoms with Crippen molar-refractivity contribution < 1.29 is 4.79 Å². The van der Waals surface area contributed by atoms with Gasteiger partial charge >= 0.3 is 0 Å². The van der Waals surface area contributed by atoms with Crippen molar-refractivity contribution >= 4 is 28.3 Å². The van der Waals surface area contributed by atoms with Crippen LogP contribution in [0, 0.1) is 0 Å². The summed E-state index contributed by atoms with van der Waals surface area (Å²) in [6.45, 7) is 0.348. The molecule has 4 N–H and O–H groups in total. The van der Waals surface area contributed by atoms with Crippen molar-refractivity contribution in [1.29, 1.82) is 0 Å². The summed E-state index contributed by atoms with van der Waals surface area (Å²) in [6, 6.07) is 15.4. The first kappa shape index (κ1) is 16.5. The minimum atomic E-state index is -0.204. The number of hydrogen-bond donors (Lipinski definition) is 3. The van der Waals surface area contributed by atoms with E-state index in [2.05, 4.69) is 15.3 Å². The van der Waals surface area contributed by atoms with E-state index in [9.17, 15) is 4.79 Å². The Bertz CT molecular complexity index is 1040. The fourth-order valence-electron chi connectivity index (χ4n) is 2.98. The molecule has 0 saturated carbocycles. The van der Waals surface area contributed by atoms with Crippen LogP contribution in [0.4, 0.5) is 0 Å². The predicted molar refractivity (Wildman–Crippen MR) is 105 cm³/mol. The van der Waals surface area contributed by atoms with Crippen LogP contribution in [0.3, 0.4) is 0 Å². The lowest BCUT2D eigenvalue weighted by molar-refractivity contribution is 0.0938. The molecule has 1 atom stereocenters. The Kier molecular flexibility index (Phi) is 4.51. The Morgan fingerprint density at radius 2 is 2.08 bits per heavy atom. The van der Waals surface area contributed by atoms with Gasteiger partial charge in [0, 0.05) is 40.1 Å². The molecule has 1 aromatic carbocycles. The van der Waals surface area contributed by atoms with Gasteiger partial charge in [0.25, 0.3) is 5.91 Å². The van der Waals surface area contributed by atoms with Crippen LogP contribution in [0.25, 0.3) is 21.5 Å². The van der Waals surface area contributed by atoms with Crippen LogP contribution in [-0.4, -0.2) is 22.4 Å². The summed E-state index contributed by atoms with van der Waals surface area (Å²) in [7, 11) is 0. The van der Waals surface area contributed by atoms with Gasteiger partial charge in [-0.25, -0.2) is 4.98 Å². The summed E-state index contributed by atoms with van der Waals surface area (Å²) in [5, 5.41) is 5.94. The molecule has 0 aliphatic carbocycles. The van der Waals surface area contributed by atoms with E-state index in [0.717, 1.165) is 27.0 Å². The van der Waals surface area contributed by atoms with E-state index >= 15 is 0 Å². The molecule has 6 heteroatoms. The summed E-state index contributed by atoms with van der Waals surface area (Å²) in [5.41, 5.74) is 9.41. The van der Waals surface area contributed by atoms with Gasteiger partial charge in [0.2, 0.25) is 0 Å². The van der Waals surface area contributed by atoms with E-state index in [1.807, 2.05) is 60.1 Å². The summed E-state index contributed by atoms with van der Waals surface area (Å²) < 4.78 is 0. The number of nitrogens with zero attached hydrogens (tertiary/aromatic N) is 1. The molecule has 5 nitrogen and oxygen atoms in total. The number of nitrogens with two attached hydrogens (primary N) is 1. The van der Waals surface area contributed by atoms with Gasteiger partial charge < -0.3 is 16.0 Å². The van der Waals surface area contributed by atoms with E-state index in [4.69, 9.17) is 5.73 Å². The average Bonchev–Trinajstić information content (AvgIpc) is 3.35. The largest absolute Gasteiger partial charge is 0.346 e. The van der Waals surface area contributed by atoms with Crippen LogP contribution in [0.5, 0.6) is 0 Å². The SMILES string of the molecule is NCC(NC(=O)c1csc(-c2ccnc3[nH]ccc23)c1)c1ccccc1. The van der Waals surface area contributed by atoms with Gasteiger partial charge in [-0.1, -0.05) is 30.3 Å². The number of thiophene rings is 1. The number of amides is 1. The Morgan fingerprint density at radius 3 is 2.88 bits per heavy atom. The molecular formula is C20H18N4OS. The quantitative estimate of drug-likeness (QED) is 0.506. The molecule has 4 rings (SSSR count). The van der Waals surface area contributed by atoms with Gasteiger partial charge in [0.15, 0.2) is 0 Å². The Hall–Kier alpha value is -2.96. The molecule has 0 radical (unpaired) electrons. The Balaban J connectivity index is 1.58. The van der Waals surface area contributed by atoms with Crippen molar-refractivity contribution in [1.82, 2.24) is 15.3 Å². The lowest BCUT2D eigenvalue weighted by Crippen LogP contribution is -2.33. The highest BCUT2D eigenvalue weighted by Gasteiger charge is 2.16. The normalized spacial score (nSPS) is 12.2. The molecule has 0 aliphatic heterocycles. The first-order valence-corrected chi connectivity index (χ1v) is 9.21. The molecule has 0 saturated heterocycles. The fraction of sp³-hybridized carbons (Fsp3) is 0.100. The van der Waals surface area contributed by atoms with Crippen molar-refractivity contribution in [3.05, 3.63) is 77.4 Å². The number of hydrogen-bond acceptors (Lipinski definition) is 4. The molecule has 4 aromatic rings. The maximum atomic E-state index is 12.7. The predicted octanol–water partition coefficient (Wildman–Crippen LogP) is 3.72. The first-order valence-electron chi connectivity index (χ1n) is 8.33. The molecule has 0 bridgehead atoms. The van der Waals surface area contributed by atoms with Crippen molar-refractivity contribution in [3.8, 4) is 10.4 Å². The highest BCUT2D eigenvalue weighted by atomic mass is 32.1. The number of carbonyl (C=O) groups is 1. The zero-order chi connectivity index (χ0) is 17.9. The van der Waals surface area contributed by atoms with E-state index in [0.29, 0.717) is 12.1 Å². The number of aromatic amines is 1. The number of benzene rings is 1. The molecule has 0 spiro atoms. The van der Waals surface area contributed by atoms with Crippen LogP contribution in [0.1, 0.15) is 22.0 Å². The molecule has 1 amide bonds. The second-order valence-corrected chi connectivity index (χ2v) is 6.88. The Morgan fingerprint density at radius 1 is 1.23 bits per heavy atom. The fourth-order valence-corrected chi connectivity index (χ4v) is 3.91. The van der Waals surface area contributed by atoms with E-state index < -0.39 is 0 Å². The van der Waals surface area contributed by atoms with E-state index in [1.54, 1.807) is 17.5 Å². The topological polar surface area (TPSA) is 83.8 Å². The van der Waals surface area contributed by atoms with Crippen molar-refractivity contribution in [2.45, 2.75) is 6.04 Å². The number of fused-ring (bicyclic) bond motifs is 1. The smallest absolute Gasteiger partial charge is 0.252 e. The van der Waals surface area contributed by atoms with Crippen LogP contribution >= 0.6 is 11.3 Å². The molecule has 130 valence electrons. The van der Waals surface area contributed by atoms with Crippen LogP contribution in [0.2, 0.25) is 0 Å². The summed E-state index contributed by atoms with van der Waals surface area (Å²) in [6.07, 6.45) is 3.64. The van der Waals surface area contributed by atoms with E-state index in [-0.39, 0.29) is 11.9 Å². The second kappa shape index (κ2) is 7.11. The standard InChI is InChI=1S/C20H18N4OS/c21-11-17(13-4-2-1-3-5-13)24-20(25)14-10-18(26-12-14)15-6-8-22-19-16(15)7-9-23-19/h1-10,12,17H,11,21H2,(H,22,23)(H,24,25). The van der Waals surface area contributed by atoms with Crippen LogP contribution < -0.4 is 11.1 Å². The van der Waals surface area contributed by atoms with Gasteiger partial charge in [-0.15, -0.1) is 11.3 Å². The third kappa shape index (κ3) is 3.12. The highest BCUT2D eigenvalue weighted by molar-refractivity contribution is 7.14. The summed E-state index contributed by atoms with van der Waals surface area (Å²) in [4.78, 5) is 21.1. The maximum absolute atomic E-state index is 12.7. The Labute approximate surface area is 154 Å². The van der Waals surface area contributed by atoms with Crippen molar-refractivity contribution in [3.63, 3.8) is 0 Å². The number of nitrogens with one attached hydrogen (secondary N) is 2. The average molecular weight is 362 g/mol. The summed E-state index contributed by atoms with van der Waals surface area (Å²) in [5.74, 6) is -0.119. The third-order valence-corrected chi connectivity index (χ3v) is 5.29. The van der Waals surface area contributed by atoms with Gasteiger partial charge in [-0.2, -0.15) is 0 Å². The van der Waals surface area contributed by atoms with Gasteiger partial charge in [-0.3, -0.25) is 4.79 Å². The van der Waals surface area contributed by atoms with Crippen LogP contribution in [0.15, 0.2) is 66.3 Å². The van der Waals surface area contributed by atoms with Crippen LogP contribution in [-0.2, 0) is 0 Å². The molecule has 0 fully saturated rings. The molecule has 3 heterocycles. The number of aromatic nitrogens is 2. The molecule has 1 unspecified atom stereocenters. The zero-order valence-electron chi connectivity index (χ0n) is 14.0. The minimum absolute atomic E-state index is 0.119. The highest BCUT2D eigenvalue weighted by Crippen LogP contribution is 2.32. The van der Waals surface area contributed by atoms with Crippen molar-refractivity contribution in [2.24, 2.45) is 5.73 Å². The first-order chi connectivity index (χ1) is 12.8. The number of carbonyl (C=O) groups excluding carboxylic acids is 1. The summed E-state index contributed by atoms with van der Waals surface area (Å²) >= 11 is 1.55. The maximum Gasteiger partial charge on any atom is 0.252 e. The van der Waals surface area contributed by atoms with Gasteiger partial charge in [0.05, 0.1) is 11.6 Å². The van der Waals surface area contributed by atoms with E-state index in [1.165, 1.54) is 0 Å². The van der Waals surface area contributed by atoms with Crippen molar-refractivity contribution in [2.75, 3.05) is 6.54 Å². The zero-order valence-corrected chi connectivity index (χ0v) is 14.8. The second-order valence-electron chi connectivity index (χ2n) is 5.97. The molecule has 0 aliphatic rings. The molecular weight excluding hydrogens is 344 g/mol. The minimum Gasteiger partial charge on any atom is -0.346 e. The van der Waals surface area contributed by atoms with Gasteiger partial charge in [0.1, 0.15) is 5.65 Å². The number of rotatable bonds is 5. The number of H-pyrrole nitrogens is 1. The molecule has 26 heavy (non-hydrogen) atoms. The molecule has 3 aromatic heterocycles. The third-order valence-electron chi connectivity index (χ3n) is 4.33. The lowest BCUT2D eigenvalue weighted by Gasteiger charge is -2.16. The number of pyridine rings is 1.